The Balaban J connectivity index is 1.55. The van der Waals surface area contributed by atoms with Crippen molar-refractivity contribution in [1.29, 1.82) is 0 Å². The van der Waals surface area contributed by atoms with E-state index in [0.29, 0.717) is 23.5 Å². The lowest BCUT2D eigenvalue weighted by molar-refractivity contribution is 0.0946. The van der Waals surface area contributed by atoms with Crippen molar-refractivity contribution in [2.45, 2.75) is 33.0 Å². The summed E-state index contributed by atoms with van der Waals surface area (Å²) in [6, 6.07) is 20.0. The molecule has 6 nitrogen and oxygen atoms in total. The van der Waals surface area contributed by atoms with E-state index in [-0.39, 0.29) is 30.4 Å². The first-order valence-corrected chi connectivity index (χ1v) is 10.3. The van der Waals surface area contributed by atoms with Crippen LogP contribution in [0.15, 0.2) is 72.8 Å². The molecule has 0 radical (unpaired) electrons. The Hall–Kier alpha value is -3.87. The van der Waals surface area contributed by atoms with Gasteiger partial charge >= 0.3 is 6.03 Å². The van der Waals surface area contributed by atoms with E-state index < -0.39 is 0 Å². The maximum Gasteiger partial charge on any atom is 0.319 e. The number of carbonyl (C=O) groups excluding carboxylic acids is 2. The molecular weight excluding hydrogens is 409 g/mol. The lowest BCUT2D eigenvalue weighted by atomic mass is 10.1. The highest BCUT2D eigenvalue weighted by molar-refractivity contribution is 5.96. The average molecular weight is 435 g/mol. The number of halogens is 1. The molecule has 0 spiro atoms. The zero-order chi connectivity index (χ0) is 22.9. The highest BCUT2D eigenvalue weighted by atomic mass is 19.1. The summed E-state index contributed by atoms with van der Waals surface area (Å²) >= 11 is 0. The van der Waals surface area contributed by atoms with Crippen LogP contribution in [0.4, 0.5) is 14.9 Å². The molecule has 0 bridgehead atoms. The zero-order valence-electron chi connectivity index (χ0n) is 18.0. The van der Waals surface area contributed by atoms with E-state index >= 15 is 0 Å². The fourth-order valence-corrected chi connectivity index (χ4v) is 2.93. The van der Waals surface area contributed by atoms with Gasteiger partial charge in [-0.1, -0.05) is 36.4 Å². The number of carbonyl (C=O) groups is 2. The number of rotatable bonds is 8. The molecule has 0 heterocycles. The second kappa shape index (κ2) is 10.9. The summed E-state index contributed by atoms with van der Waals surface area (Å²) < 4.78 is 18.8. The van der Waals surface area contributed by atoms with Gasteiger partial charge in [0.2, 0.25) is 0 Å². The molecule has 0 fully saturated rings. The Labute approximate surface area is 186 Å². The van der Waals surface area contributed by atoms with Crippen molar-refractivity contribution in [1.82, 2.24) is 10.6 Å². The molecule has 3 aromatic carbocycles. The van der Waals surface area contributed by atoms with Crippen molar-refractivity contribution in [3.63, 3.8) is 0 Å². The molecule has 166 valence electrons. The van der Waals surface area contributed by atoms with Gasteiger partial charge in [0.15, 0.2) is 0 Å². The topological polar surface area (TPSA) is 79.5 Å². The van der Waals surface area contributed by atoms with Gasteiger partial charge in [0, 0.05) is 18.3 Å². The van der Waals surface area contributed by atoms with Gasteiger partial charge in [-0.05, 0) is 61.4 Å². The number of hydrogen-bond acceptors (Lipinski definition) is 3. The van der Waals surface area contributed by atoms with E-state index in [1.165, 1.54) is 12.1 Å². The summed E-state index contributed by atoms with van der Waals surface area (Å²) in [6.07, 6.45) is 0. The second-order valence-electron chi connectivity index (χ2n) is 7.54. The van der Waals surface area contributed by atoms with Crippen LogP contribution in [-0.4, -0.2) is 18.0 Å². The first-order valence-electron chi connectivity index (χ1n) is 10.3. The number of para-hydroxylation sites is 1. The molecule has 32 heavy (non-hydrogen) atoms. The summed E-state index contributed by atoms with van der Waals surface area (Å²) in [5.74, 6) is -0.126. The number of amides is 3. The largest absolute Gasteiger partial charge is 0.488 e. The molecule has 0 aliphatic carbocycles. The summed E-state index contributed by atoms with van der Waals surface area (Å²) in [6.45, 7) is 4.32. The summed E-state index contributed by atoms with van der Waals surface area (Å²) in [5.41, 5.74) is 2.77. The number of hydrogen-bond donors (Lipinski definition) is 3. The van der Waals surface area contributed by atoms with Crippen molar-refractivity contribution in [2.75, 3.05) is 5.32 Å². The first-order chi connectivity index (χ1) is 15.4. The Morgan fingerprint density at radius 3 is 2.25 bits per heavy atom. The number of urea groups is 1. The summed E-state index contributed by atoms with van der Waals surface area (Å²) in [7, 11) is 0. The SMILES string of the molecule is CC(C)NC(=O)Nc1ccc(CNC(=O)c2ccccc2OCc2ccc(F)cc2)cc1. The van der Waals surface area contributed by atoms with Crippen LogP contribution in [0.1, 0.15) is 35.3 Å². The third kappa shape index (κ3) is 6.84. The van der Waals surface area contributed by atoms with Crippen LogP contribution in [0.3, 0.4) is 0 Å². The van der Waals surface area contributed by atoms with Gasteiger partial charge in [-0.25, -0.2) is 9.18 Å². The van der Waals surface area contributed by atoms with Gasteiger partial charge in [0.05, 0.1) is 5.56 Å². The average Bonchev–Trinajstić information content (AvgIpc) is 2.77. The molecule has 3 N–H and O–H groups in total. The maximum atomic E-state index is 13.1. The lowest BCUT2D eigenvalue weighted by Crippen LogP contribution is -2.34. The number of anilines is 1. The van der Waals surface area contributed by atoms with Crippen LogP contribution in [0, 0.1) is 5.82 Å². The number of benzene rings is 3. The third-order valence-electron chi connectivity index (χ3n) is 4.52. The van der Waals surface area contributed by atoms with Gasteiger partial charge in [-0.2, -0.15) is 0 Å². The monoisotopic (exact) mass is 435 g/mol. The maximum absolute atomic E-state index is 13.1. The predicted molar refractivity (Wildman–Crippen MR) is 122 cm³/mol. The minimum atomic E-state index is -0.309. The standard InChI is InChI=1S/C25H26FN3O3/c1-17(2)28-25(31)29-21-13-9-18(10-14-21)15-27-24(30)22-5-3-4-6-23(22)32-16-19-7-11-20(26)12-8-19/h3-14,17H,15-16H2,1-2H3,(H,27,30)(H2,28,29,31). The Morgan fingerprint density at radius 1 is 0.906 bits per heavy atom. The molecule has 0 aromatic heterocycles. The third-order valence-corrected chi connectivity index (χ3v) is 4.52. The van der Waals surface area contributed by atoms with E-state index in [9.17, 15) is 14.0 Å². The predicted octanol–water partition coefficient (Wildman–Crippen LogP) is 4.86. The van der Waals surface area contributed by atoms with Crippen LogP contribution in [-0.2, 0) is 13.2 Å². The van der Waals surface area contributed by atoms with E-state index in [1.807, 2.05) is 26.0 Å². The van der Waals surface area contributed by atoms with Crippen LogP contribution >= 0.6 is 0 Å². The van der Waals surface area contributed by atoms with Crippen LogP contribution in [0.5, 0.6) is 5.75 Å². The van der Waals surface area contributed by atoms with Gasteiger partial charge in [0.25, 0.3) is 5.91 Å². The molecule has 0 saturated carbocycles. The van der Waals surface area contributed by atoms with Crippen LogP contribution < -0.4 is 20.7 Å². The zero-order valence-corrected chi connectivity index (χ0v) is 18.0. The van der Waals surface area contributed by atoms with Gasteiger partial charge in [0.1, 0.15) is 18.2 Å². The Morgan fingerprint density at radius 2 is 1.56 bits per heavy atom. The van der Waals surface area contributed by atoms with Crippen LogP contribution in [0.2, 0.25) is 0 Å². The van der Waals surface area contributed by atoms with Crippen LogP contribution in [0.25, 0.3) is 0 Å². The van der Waals surface area contributed by atoms with Crippen molar-refractivity contribution < 1.29 is 18.7 Å². The fraction of sp³-hybridized carbons (Fsp3) is 0.200. The van der Waals surface area contributed by atoms with Crippen molar-refractivity contribution in [2.24, 2.45) is 0 Å². The molecule has 3 amide bonds. The van der Waals surface area contributed by atoms with Gasteiger partial charge < -0.3 is 20.7 Å². The number of nitrogens with one attached hydrogen (secondary N) is 3. The molecule has 0 unspecified atom stereocenters. The van der Waals surface area contributed by atoms with Gasteiger partial charge in [-0.3, -0.25) is 4.79 Å². The first kappa shape index (κ1) is 22.8. The molecule has 0 aliphatic rings. The van der Waals surface area contributed by atoms with E-state index in [4.69, 9.17) is 4.74 Å². The molecule has 3 rings (SSSR count). The molecule has 0 atom stereocenters. The van der Waals surface area contributed by atoms with E-state index in [0.717, 1.165) is 11.1 Å². The lowest BCUT2D eigenvalue weighted by Gasteiger charge is -2.12. The highest BCUT2D eigenvalue weighted by Gasteiger charge is 2.12. The molecule has 7 heteroatoms. The van der Waals surface area contributed by atoms with Crippen molar-refractivity contribution >= 4 is 17.6 Å². The molecule has 0 aliphatic heterocycles. The smallest absolute Gasteiger partial charge is 0.319 e. The quantitative estimate of drug-likeness (QED) is 0.473. The second-order valence-corrected chi connectivity index (χ2v) is 7.54. The van der Waals surface area contributed by atoms with Gasteiger partial charge in [-0.15, -0.1) is 0 Å². The minimum absolute atomic E-state index is 0.0482. The van der Waals surface area contributed by atoms with Crippen molar-refractivity contribution in [3.8, 4) is 5.75 Å². The normalized spacial score (nSPS) is 10.5. The summed E-state index contributed by atoms with van der Waals surface area (Å²) in [5, 5.41) is 8.39. The molecule has 0 saturated heterocycles. The number of ether oxygens (including phenoxy) is 1. The van der Waals surface area contributed by atoms with Crippen molar-refractivity contribution in [3.05, 3.63) is 95.3 Å². The molecule has 3 aromatic rings. The Kier molecular flexibility index (Phi) is 7.80. The fourth-order valence-electron chi connectivity index (χ4n) is 2.93. The van der Waals surface area contributed by atoms with E-state index in [2.05, 4.69) is 16.0 Å². The minimum Gasteiger partial charge on any atom is -0.488 e. The summed E-state index contributed by atoms with van der Waals surface area (Å²) in [4.78, 5) is 24.5. The highest BCUT2D eigenvalue weighted by Crippen LogP contribution is 2.20. The van der Waals surface area contributed by atoms with E-state index in [1.54, 1.807) is 48.5 Å². The molecular formula is C25H26FN3O3. The Bertz CT molecular complexity index is 1050.